The van der Waals surface area contributed by atoms with Crippen LogP contribution in [0.4, 0.5) is 11.9 Å². The Labute approximate surface area is 156 Å². The van der Waals surface area contributed by atoms with Crippen LogP contribution in [0.5, 0.6) is 0 Å². The van der Waals surface area contributed by atoms with Gasteiger partial charge in [0.15, 0.2) is 5.78 Å². The molecule has 4 heterocycles. The standard InChI is InChI=1S/C18H19N7O2/c1-23-14(15(26)12-16(23)27)11-13-3-6-21-18(22-13)25-9-7-24(8-10-25)17-19-4-2-5-20-17/h2-6,11H,7-10,12H2,1H3/b14-11-. The van der Waals surface area contributed by atoms with Crippen LogP contribution in [0, 0.1) is 0 Å². The molecule has 0 radical (unpaired) electrons. The highest BCUT2D eigenvalue weighted by Gasteiger charge is 2.30. The second kappa shape index (κ2) is 7.10. The highest BCUT2D eigenvalue weighted by Crippen LogP contribution is 2.20. The molecule has 0 saturated carbocycles. The van der Waals surface area contributed by atoms with Gasteiger partial charge in [0.1, 0.15) is 0 Å². The Morgan fingerprint density at radius 2 is 1.56 bits per heavy atom. The molecular formula is C18H19N7O2. The topological polar surface area (TPSA) is 95.4 Å². The summed E-state index contributed by atoms with van der Waals surface area (Å²) in [6.45, 7) is 3.04. The van der Waals surface area contributed by atoms with E-state index in [4.69, 9.17) is 0 Å². The first-order valence-corrected chi connectivity index (χ1v) is 8.73. The molecule has 2 aromatic heterocycles. The van der Waals surface area contributed by atoms with Gasteiger partial charge in [0.05, 0.1) is 17.8 Å². The maximum absolute atomic E-state index is 12.0. The molecule has 138 valence electrons. The van der Waals surface area contributed by atoms with E-state index in [0.29, 0.717) is 17.3 Å². The third-order valence-electron chi connectivity index (χ3n) is 4.68. The number of hydrogen-bond donors (Lipinski definition) is 0. The number of carbonyl (C=O) groups is 2. The van der Waals surface area contributed by atoms with Crippen LogP contribution in [0.25, 0.3) is 6.08 Å². The number of Topliss-reactive ketones (excluding diaryl/α,β-unsaturated/α-hetero) is 1. The Balaban J connectivity index is 1.48. The van der Waals surface area contributed by atoms with Crippen LogP contribution in [0.3, 0.4) is 0 Å². The Morgan fingerprint density at radius 1 is 0.926 bits per heavy atom. The summed E-state index contributed by atoms with van der Waals surface area (Å²) in [7, 11) is 1.60. The minimum Gasteiger partial charge on any atom is -0.337 e. The molecule has 2 aliphatic heterocycles. The van der Waals surface area contributed by atoms with Crippen molar-refractivity contribution in [2.75, 3.05) is 43.0 Å². The molecular weight excluding hydrogens is 346 g/mol. The second-order valence-electron chi connectivity index (χ2n) is 6.39. The number of likely N-dealkylation sites (N-methyl/N-ethyl adjacent to an activating group) is 1. The molecule has 0 N–H and O–H groups in total. The van der Waals surface area contributed by atoms with E-state index in [-0.39, 0.29) is 18.1 Å². The van der Waals surface area contributed by atoms with E-state index >= 15 is 0 Å². The molecule has 0 aliphatic carbocycles. The summed E-state index contributed by atoms with van der Waals surface area (Å²) >= 11 is 0. The molecule has 2 saturated heterocycles. The fourth-order valence-electron chi connectivity index (χ4n) is 3.14. The first-order valence-electron chi connectivity index (χ1n) is 8.73. The van der Waals surface area contributed by atoms with E-state index < -0.39 is 0 Å². The van der Waals surface area contributed by atoms with E-state index in [2.05, 4.69) is 29.7 Å². The predicted molar refractivity (Wildman–Crippen MR) is 98.9 cm³/mol. The van der Waals surface area contributed by atoms with E-state index in [0.717, 1.165) is 32.1 Å². The zero-order valence-corrected chi connectivity index (χ0v) is 14.9. The van der Waals surface area contributed by atoms with Crippen molar-refractivity contribution in [2.24, 2.45) is 0 Å². The predicted octanol–water partition coefficient (Wildman–Crippen LogP) is 0.365. The minimum absolute atomic E-state index is 0.0796. The molecule has 4 rings (SSSR count). The van der Waals surface area contributed by atoms with Gasteiger partial charge in [-0.25, -0.2) is 19.9 Å². The number of piperazine rings is 1. The normalized spacial score (nSPS) is 19.3. The first-order chi connectivity index (χ1) is 13.1. The van der Waals surface area contributed by atoms with Gasteiger partial charge in [-0.15, -0.1) is 0 Å². The summed E-state index contributed by atoms with van der Waals surface area (Å²) in [5, 5.41) is 0. The lowest BCUT2D eigenvalue weighted by Gasteiger charge is -2.34. The Hall–Kier alpha value is -3.36. The number of likely N-dealkylation sites (tertiary alicyclic amines) is 1. The summed E-state index contributed by atoms with van der Waals surface area (Å²) < 4.78 is 0. The van der Waals surface area contributed by atoms with Crippen molar-refractivity contribution in [3.05, 3.63) is 42.1 Å². The molecule has 0 unspecified atom stereocenters. The summed E-state index contributed by atoms with van der Waals surface area (Å²) in [5.41, 5.74) is 0.981. The quantitative estimate of drug-likeness (QED) is 0.569. The fraction of sp³-hybridized carbons (Fsp3) is 0.333. The molecule has 27 heavy (non-hydrogen) atoms. The zero-order valence-electron chi connectivity index (χ0n) is 14.9. The van der Waals surface area contributed by atoms with Crippen molar-refractivity contribution in [2.45, 2.75) is 6.42 Å². The number of aromatic nitrogens is 4. The van der Waals surface area contributed by atoms with Crippen molar-refractivity contribution in [3.63, 3.8) is 0 Å². The van der Waals surface area contributed by atoms with Gasteiger partial charge in [0, 0.05) is 51.8 Å². The first kappa shape index (κ1) is 17.1. The highest BCUT2D eigenvalue weighted by atomic mass is 16.2. The highest BCUT2D eigenvalue weighted by molar-refractivity contribution is 6.16. The van der Waals surface area contributed by atoms with Gasteiger partial charge in [-0.1, -0.05) is 0 Å². The molecule has 0 atom stereocenters. The Kier molecular flexibility index (Phi) is 4.49. The summed E-state index contributed by atoms with van der Waals surface area (Å²) in [6.07, 6.45) is 6.71. The molecule has 1 amide bonds. The summed E-state index contributed by atoms with van der Waals surface area (Å²) in [5.74, 6) is 0.959. The maximum atomic E-state index is 12.0. The van der Waals surface area contributed by atoms with Gasteiger partial charge in [-0.2, -0.15) is 0 Å². The van der Waals surface area contributed by atoms with Gasteiger partial charge in [0.25, 0.3) is 0 Å². The number of hydrogen-bond acceptors (Lipinski definition) is 8. The third-order valence-corrected chi connectivity index (χ3v) is 4.68. The number of amides is 1. The van der Waals surface area contributed by atoms with Crippen LogP contribution in [0.15, 0.2) is 36.4 Å². The number of allylic oxidation sites excluding steroid dienone is 1. The molecule has 9 nitrogen and oxygen atoms in total. The fourth-order valence-corrected chi connectivity index (χ4v) is 3.14. The van der Waals surface area contributed by atoms with E-state index in [1.165, 1.54) is 4.90 Å². The van der Waals surface area contributed by atoms with Crippen LogP contribution in [-0.4, -0.2) is 69.8 Å². The molecule has 2 fully saturated rings. The number of carbonyl (C=O) groups excluding carboxylic acids is 2. The van der Waals surface area contributed by atoms with Crippen LogP contribution in [0.2, 0.25) is 0 Å². The van der Waals surface area contributed by atoms with Gasteiger partial charge in [-0.05, 0) is 18.2 Å². The lowest BCUT2D eigenvalue weighted by molar-refractivity contribution is -0.126. The van der Waals surface area contributed by atoms with Crippen LogP contribution in [-0.2, 0) is 9.59 Å². The van der Waals surface area contributed by atoms with Gasteiger partial charge >= 0.3 is 0 Å². The molecule has 0 bridgehead atoms. The van der Waals surface area contributed by atoms with Crippen LogP contribution >= 0.6 is 0 Å². The van der Waals surface area contributed by atoms with E-state index in [1.54, 1.807) is 43.8 Å². The smallest absolute Gasteiger partial charge is 0.234 e. The SMILES string of the molecule is CN1C(=O)CC(=O)/C1=C/c1ccnc(N2CCN(c3ncccn3)CC2)n1. The lowest BCUT2D eigenvalue weighted by Crippen LogP contribution is -2.47. The molecule has 2 aliphatic rings. The summed E-state index contributed by atoms with van der Waals surface area (Å²) in [4.78, 5) is 46.7. The van der Waals surface area contributed by atoms with Gasteiger partial charge < -0.3 is 14.7 Å². The molecule has 9 heteroatoms. The van der Waals surface area contributed by atoms with Gasteiger partial charge in [0.2, 0.25) is 17.8 Å². The van der Waals surface area contributed by atoms with Crippen LogP contribution in [0.1, 0.15) is 12.1 Å². The number of ketones is 1. The van der Waals surface area contributed by atoms with E-state index in [1.807, 2.05) is 0 Å². The number of nitrogens with zero attached hydrogens (tertiary/aromatic N) is 7. The lowest BCUT2D eigenvalue weighted by atomic mass is 10.2. The monoisotopic (exact) mass is 365 g/mol. The zero-order chi connectivity index (χ0) is 18.8. The molecule has 2 aromatic rings. The van der Waals surface area contributed by atoms with Gasteiger partial charge in [-0.3, -0.25) is 9.59 Å². The molecule has 0 spiro atoms. The van der Waals surface area contributed by atoms with Crippen molar-refractivity contribution in [3.8, 4) is 0 Å². The molecule has 0 aromatic carbocycles. The van der Waals surface area contributed by atoms with Crippen molar-refractivity contribution >= 4 is 29.7 Å². The average Bonchev–Trinajstić information content (AvgIpc) is 2.95. The maximum Gasteiger partial charge on any atom is 0.234 e. The Bertz CT molecular complexity index is 892. The number of anilines is 2. The third kappa shape index (κ3) is 3.48. The minimum atomic E-state index is -0.195. The van der Waals surface area contributed by atoms with Crippen LogP contribution < -0.4 is 9.80 Å². The van der Waals surface area contributed by atoms with Crippen molar-refractivity contribution in [1.82, 2.24) is 24.8 Å². The largest absolute Gasteiger partial charge is 0.337 e. The summed E-state index contributed by atoms with van der Waals surface area (Å²) in [6, 6.07) is 3.53. The van der Waals surface area contributed by atoms with Crippen molar-refractivity contribution < 1.29 is 9.59 Å². The van der Waals surface area contributed by atoms with E-state index in [9.17, 15) is 9.59 Å². The number of rotatable bonds is 3. The van der Waals surface area contributed by atoms with Crippen molar-refractivity contribution in [1.29, 1.82) is 0 Å². The second-order valence-corrected chi connectivity index (χ2v) is 6.39. The Morgan fingerprint density at radius 3 is 2.19 bits per heavy atom. The average molecular weight is 365 g/mol.